The van der Waals surface area contributed by atoms with E-state index in [2.05, 4.69) is 0 Å². The molecule has 0 aliphatic heterocycles. The number of hydrogen-bond acceptors (Lipinski definition) is 2. The molecule has 0 spiro atoms. The summed E-state index contributed by atoms with van der Waals surface area (Å²) >= 11 is 0. The van der Waals surface area contributed by atoms with Gasteiger partial charge in [0, 0.05) is 0 Å². The number of carboxylic acids is 2. The minimum Gasteiger partial charge on any atom is -0.481 e. The van der Waals surface area contributed by atoms with Crippen molar-refractivity contribution in [2.45, 2.75) is 60.8 Å². The zero-order valence-corrected chi connectivity index (χ0v) is 12.3. The second-order valence-electron chi connectivity index (χ2n) is 6.61. The van der Waals surface area contributed by atoms with E-state index in [0.717, 1.165) is 0 Å². The molecule has 0 saturated heterocycles. The zero-order chi connectivity index (χ0) is 14.8. The van der Waals surface area contributed by atoms with Crippen LogP contribution in [0.4, 0.5) is 0 Å². The molecule has 4 nitrogen and oxygen atoms in total. The summed E-state index contributed by atoms with van der Waals surface area (Å²) in [7, 11) is 0. The molecule has 0 aromatic rings. The zero-order valence-electron chi connectivity index (χ0n) is 12.3. The van der Waals surface area contributed by atoms with E-state index in [1.165, 1.54) is 0 Å². The van der Waals surface area contributed by atoms with Crippen LogP contribution in [0.15, 0.2) is 0 Å². The Hall–Kier alpha value is -1.06. The van der Waals surface area contributed by atoms with Gasteiger partial charge in [0.1, 0.15) is 0 Å². The largest absolute Gasteiger partial charge is 0.481 e. The standard InChI is InChI=1S/C14H26O4/c1-7-13(5,10(15)16)8-9-14(6,11(17)18)12(2,3)4/h7-9H2,1-6H3,(H,15,16)(H,17,18). The Balaban J connectivity index is 5.07. The highest BCUT2D eigenvalue weighted by molar-refractivity contribution is 5.76. The summed E-state index contributed by atoms with van der Waals surface area (Å²) in [5, 5.41) is 18.7. The first-order chi connectivity index (χ1) is 7.90. The molecule has 0 amide bonds. The van der Waals surface area contributed by atoms with Gasteiger partial charge in [-0.2, -0.15) is 0 Å². The van der Waals surface area contributed by atoms with Gasteiger partial charge in [-0.15, -0.1) is 0 Å². The number of rotatable bonds is 6. The SMILES string of the molecule is CCC(C)(CCC(C)(C(=O)O)C(C)(C)C)C(=O)O. The van der Waals surface area contributed by atoms with Crippen molar-refractivity contribution in [3.8, 4) is 0 Å². The third kappa shape index (κ3) is 3.24. The molecule has 18 heavy (non-hydrogen) atoms. The molecule has 106 valence electrons. The van der Waals surface area contributed by atoms with Gasteiger partial charge in [0.05, 0.1) is 10.8 Å². The third-order valence-electron chi connectivity index (χ3n) is 4.60. The molecule has 2 atom stereocenters. The van der Waals surface area contributed by atoms with E-state index in [0.29, 0.717) is 19.3 Å². The lowest BCUT2D eigenvalue weighted by Gasteiger charge is -2.40. The molecule has 0 heterocycles. The molecule has 0 radical (unpaired) electrons. The van der Waals surface area contributed by atoms with E-state index in [4.69, 9.17) is 0 Å². The van der Waals surface area contributed by atoms with Crippen LogP contribution in [0, 0.1) is 16.2 Å². The fourth-order valence-corrected chi connectivity index (χ4v) is 1.76. The summed E-state index contributed by atoms with van der Waals surface area (Å²) in [6.07, 6.45) is 1.24. The predicted octanol–water partition coefficient (Wildman–Crippen LogP) is 3.40. The van der Waals surface area contributed by atoms with Gasteiger partial charge in [0.2, 0.25) is 0 Å². The Labute approximate surface area is 109 Å². The van der Waals surface area contributed by atoms with Gasteiger partial charge < -0.3 is 10.2 Å². The summed E-state index contributed by atoms with van der Waals surface area (Å²) < 4.78 is 0. The van der Waals surface area contributed by atoms with E-state index in [1.807, 2.05) is 27.7 Å². The van der Waals surface area contributed by atoms with Crippen molar-refractivity contribution in [3.63, 3.8) is 0 Å². The van der Waals surface area contributed by atoms with Gasteiger partial charge in [0.15, 0.2) is 0 Å². The quantitative estimate of drug-likeness (QED) is 0.765. The van der Waals surface area contributed by atoms with Crippen molar-refractivity contribution >= 4 is 11.9 Å². The molecule has 0 saturated carbocycles. The monoisotopic (exact) mass is 258 g/mol. The van der Waals surface area contributed by atoms with Crippen LogP contribution in [-0.2, 0) is 9.59 Å². The molecule has 0 aromatic heterocycles. The number of hydrogen-bond donors (Lipinski definition) is 2. The maximum absolute atomic E-state index is 11.5. The average Bonchev–Trinajstić information content (AvgIpc) is 2.23. The predicted molar refractivity (Wildman–Crippen MR) is 70.5 cm³/mol. The first-order valence-electron chi connectivity index (χ1n) is 6.37. The maximum atomic E-state index is 11.5. The highest BCUT2D eigenvalue weighted by Crippen LogP contribution is 2.45. The van der Waals surface area contributed by atoms with Gasteiger partial charge in [-0.05, 0) is 38.5 Å². The van der Waals surface area contributed by atoms with Crippen LogP contribution in [0.25, 0.3) is 0 Å². The Morgan fingerprint density at radius 2 is 1.33 bits per heavy atom. The summed E-state index contributed by atoms with van der Waals surface area (Å²) in [5.74, 6) is -1.72. The maximum Gasteiger partial charge on any atom is 0.309 e. The summed E-state index contributed by atoms with van der Waals surface area (Å²) in [6.45, 7) is 10.8. The Morgan fingerprint density at radius 3 is 1.56 bits per heavy atom. The minimum absolute atomic E-state index is 0.364. The Kier molecular flexibility index (Phi) is 4.98. The molecule has 2 unspecified atom stereocenters. The van der Waals surface area contributed by atoms with Crippen LogP contribution in [0.3, 0.4) is 0 Å². The Bertz CT molecular complexity index is 329. The number of carbonyl (C=O) groups is 2. The van der Waals surface area contributed by atoms with Gasteiger partial charge in [0.25, 0.3) is 0 Å². The molecular formula is C14H26O4. The summed E-state index contributed by atoms with van der Waals surface area (Å²) in [4.78, 5) is 22.7. The molecule has 2 N–H and O–H groups in total. The minimum atomic E-state index is -0.918. The van der Waals surface area contributed by atoms with Crippen molar-refractivity contribution in [1.82, 2.24) is 0 Å². The topological polar surface area (TPSA) is 74.6 Å². The van der Waals surface area contributed by atoms with Crippen LogP contribution in [0.1, 0.15) is 60.8 Å². The van der Waals surface area contributed by atoms with Crippen molar-refractivity contribution in [2.75, 3.05) is 0 Å². The molecule has 0 aliphatic carbocycles. The highest BCUT2D eigenvalue weighted by Gasteiger charge is 2.46. The molecule has 0 aromatic carbocycles. The van der Waals surface area contributed by atoms with Crippen molar-refractivity contribution in [2.24, 2.45) is 16.2 Å². The van der Waals surface area contributed by atoms with E-state index < -0.39 is 28.2 Å². The average molecular weight is 258 g/mol. The van der Waals surface area contributed by atoms with E-state index in [1.54, 1.807) is 13.8 Å². The molecule has 0 bridgehead atoms. The van der Waals surface area contributed by atoms with Gasteiger partial charge in [-0.3, -0.25) is 9.59 Å². The van der Waals surface area contributed by atoms with Gasteiger partial charge in [-0.25, -0.2) is 0 Å². The number of aliphatic carboxylic acids is 2. The lowest BCUT2D eigenvalue weighted by molar-refractivity contribution is -0.158. The van der Waals surface area contributed by atoms with Crippen LogP contribution >= 0.6 is 0 Å². The first-order valence-corrected chi connectivity index (χ1v) is 6.37. The first kappa shape index (κ1) is 16.9. The van der Waals surface area contributed by atoms with E-state index in [9.17, 15) is 19.8 Å². The van der Waals surface area contributed by atoms with Crippen LogP contribution < -0.4 is 0 Å². The molecule has 4 heteroatoms. The lowest BCUT2D eigenvalue weighted by atomic mass is 9.63. The normalized spacial score (nSPS) is 18.8. The van der Waals surface area contributed by atoms with Gasteiger partial charge in [-0.1, -0.05) is 27.7 Å². The van der Waals surface area contributed by atoms with E-state index in [-0.39, 0.29) is 0 Å². The fourth-order valence-electron chi connectivity index (χ4n) is 1.76. The van der Waals surface area contributed by atoms with Crippen molar-refractivity contribution in [1.29, 1.82) is 0 Å². The molecular weight excluding hydrogens is 232 g/mol. The fraction of sp³-hybridized carbons (Fsp3) is 0.857. The highest BCUT2D eigenvalue weighted by atomic mass is 16.4. The van der Waals surface area contributed by atoms with E-state index >= 15 is 0 Å². The molecule has 0 fully saturated rings. The summed E-state index contributed by atoms with van der Waals surface area (Å²) in [6, 6.07) is 0. The molecule has 0 rings (SSSR count). The second kappa shape index (κ2) is 5.29. The van der Waals surface area contributed by atoms with Crippen molar-refractivity contribution < 1.29 is 19.8 Å². The Morgan fingerprint density at radius 1 is 0.889 bits per heavy atom. The van der Waals surface area contributed by atoms with Crippen LogP contribution in [-0.4, -0.2) is 22.2 Å². The second-order valence-corrected chi connectivity index (χ2v) is 6.61. The lowest BCUT2D eigenvalue weighted by Crippen LogP contribution is -2.42. The molecule has 0 aliphatic rings. The van der Waals surface area contributed by atoms with Crippen LogP contribution in [0.2, 0.25) is 0 Å². The van der Waals surface area contributed by atoms with Gasteiger partial charge >= 0.3 is 11.9 Å². The number of carboxylic acid groups (broad SMARTS) is 2. The smallest absolute Gasteiger partial charge is 0.309 e. The van der Waals surface area contributed by atoms with Crippen molar-refractivity contribution in [3.05, 3.63) is 0 Å². The summed E-state index contributed by atoms with van der Waals surface area (Å²) in [5.41, 5.74) is -2.17. The third-order valence-corrected chi connectivity index (χ3v) is 4.60. The van der Waals surface area contributed by atoms with Crippen LogP contribution in [0.5, 0.6) is 0 Å².